The predicted octanol–water partition coefficient (Wildman–Crippen LogP) is 7.81. The van der Waals surface area contributed by atoms with Crippen molar-refractivity contribution in [2.75, 3.05) is 12.1 Å². The molecule has 0 radical (unpaired) electrons. The number of Topliss-reactive ketones (excluding diaryl/α,β-unsaturated/α-hetero) is 1. The Balaban J connectivity index is 3.52. The summed E-state index contributed by atoms with van der Waals surface area (Å²) >= 11 is 7.44. The second-order valence-electron chi connectivity index (χ2n) is 7.29. The molecular formula is C22H41ClOS. The fraction of sp³-hybridized carbons (Fsp3) is 0.864. The molecule has 0 saturated heterocycles. The summed E-state index contributed by atoms with van der Waals surface area (Å²) in [4.78, 5) is 11.5. The summed E-state index contributed by atoms with van der Waals surface area (Å²) in [5, 5.41) is 0.434. The van der Waals surface area contributed by atoms with Crippen LogP contribution in [0.2, 0.25) is 0 Å². The van der Waals surface area contributed by atoms with E-state index < -0.39 is 0 Å². The number of alkyl halides is 1. The van der Waals surface area contributed by atoms with E-state index in [1.165, 1.54) is 77.0 Å². The largest absolute Gasteiger partial charge is 0.298 e. The van der Waals surface area contributed by atoms with Crippen molar-refractivity contribution >= 4 is 29.1 Å². The van der Waals surface area contributed by atoms with Crippen molar-refractivity contribution in [3.8, 4) is 0 Å². The van der Waals surface area contributed by atoms with E-state index in [4.69, 9.17) is 11.6 Å². The summed E-state index contributed by atoms with van der Waals surface area (Å²) in [6.45, 7) is 4.55. The first-order valence-corrected chi connectivity index (χ1v) is 12.2. The lowest BCUT2D eigenvalue weighted by Crippen LogP contribution is -2.19. The van der Waals surface area contributed by atoms with Crippen molar-refractivity contribution in [1.29, 1.82) is 0 Å². The number of hydrogen-bond donors (Lipinski definition) is 0. The molecule has 3 heteroatoms. The second kappa shape index (κ2) is 18.8. The third-order valence-corrected chi connectivity index (χ3v) is 6.47. The molecule has 0 spiro atoms. The van der Waals surface area contributed by atoms with Crippen molar-refractivity contribution in [3.63, 3.8) is 0 Å². The molecule has 0 aromatic rings. The van der Waals surface area contributed by atoms with E-state index in [9.17, 15) is 4.79 Å². The van der Waals surface area contributed by atoms with E-state index in [0.717, 1.165) is 0 Å². The number of ketones is 1. The molecule has 0 N–H and O–H groups in total. The molecule has 0 fully saturated rings. The summed E-state index contributed by atoms with van der Waals surface area (Å²) in [6, 6.07) is 0. The highest BCUT2D eigenvalue weighted by atomic mass is 35.5. The van der Waals surface area contributed by atoms with Crippen LogP contribution in [0.5, 0.6) is 0 Å². The third kappa shape index (κ3) is 16.0. The van der Waals surface area contributed by atoms with Crippen LogP contribution in [0.3, 0.4) is 0 Å². The van der Waals surface area contributed by atoms with E-state index in [1.807, 2.05) is 11.8 Å². The van der Waals surface area contributed by atoms with E-state index in [1.54, 1.807) is 0 Å². The van der Waals surface area contributed by atoms with Crippen molar-refractivity contribution < 1.29 is 4.79 Å². The monoisotopic (exact) mass is 388 g/mol. The molecule has 0 aliphatic rings. The maximum absolute atomic E-state index is 11.5. The van der Waals surface area contributed by atoms with Crippen LogP contribution in [-0.2, 0) is 4.79 Å². The first kappa shape index (κ1) is 25.1. The number of carbonyl (C=O) groups is 1. The maximum atomic E-state index is 11.5. The third-order valence-electron chi connectivity index (χ3n) is 4.94. The van der Waals surface area contributed by atoms with E-state index >= 15 is 0 Å². The fourth-order valence-corrected chi connectivity index (χ4v) is 4.23. The van der Waals surface area contributed by atoms with Crippen molar-refractivity contribution in [2.24, 2.45) is 5.92 Å². The van der Waals surface area contributed by atoms with Crippen LogP contribution in [0.4, 0.5) is 0 Å². The molecule has 0 aromatic carbocycles. The van der Waals surface area contributed by atoms with Crippen molar-refractivity contribution in [2.45, 2.75) is 103 Å². The van der Waals surface area contributed by atoms with Crippen molar-refractivity contribution in [1.82, 2.24) is 0 Å². The van der Waals surface area contributed by atoms with Crippen molar-refractivity contribution in [3.05, 3.63) is 12.2 Å². The number of allylic oxidation sites excluding steroid dienone is 2. The van der Waals surface area contributed by atoms with Gasteiger partial charge in [-0.3, -0.25) is 4.79 Å². The molecule has 0 bridgehead atoms. The molecule has 0 aromatic heterocycles. The minimum absolute atomic E-state index is 0.162. The minimum atomic E-state index is 0.162. The molecule has 1 nitrogen and oxygen atoms in total. The molecular weight excluding hydrogens is 348 g/mol. The minimum Gasteiger partial charge on any atom is -0.298 e. The normalized spacial score (nSPS) is 14.1. The number of halogens is 1. The highest BCUT2D eigenvalue weighted by Crippen LogP contribution is 2.25. The van der Waals surface area contributed by atoms with Gasteiger partial charge in [-0.2, -0.15) is 11.8 Å². The highest BCUT2D eigenvalue weighted by molar-refractivity contribution is 7.99. The molecule has 0 aliphatic carbocycles. The van der Waals surface area contributed by atoms with Gasteiger partial charge in [-0.25, -0.2) is 0 Å². The molecule has 25 heavy (non-hydrogen) atoms. The van der Waals surface area contributed by atoms with Crippen LogP contribution < -0.4 is 0 Å². The number of unbranched alkanes of at least 4 members (excludes halogenated alkanes) is 9. The van der Waals surface area contributed by atoms with Gasteiger partial charge in [0.25, 0.3) is 0 Å². The Morgan fingerprint density at radius 1 is 0.960 bits per heavy atom. The first-order valence-electron chi connectivity index (χ1n) is 10.4. The van der Waals surface area contributed by atoms with Gasteiger partial charge in [0.2, 0.25) is 0 Å². The van der Waals surface area contributed by atoms with Crippen LogP contribution in [0.15, 0.2) is 12.2 Å². The lowest BCUT2D eigenvalue weighted by Gasteiger charge is -2.21. The zero-order valence-electron chi connectivity index (χ0n) is 16.9. The quantitative estimate of drug-likeness (QED) is 0.135. The van der Waals surface area contributed by atoms with Gasteiger partial charge in [0.15, 0.2) is 0 Å². The van der Waals surface area contributed by atoms with E-state index in [0.29, 0.717) is 17.6 Å². The Labute approximate surface area is 166 Å². The summed E-state index contributed by atoms with van der Waals surface area (Å²) in [5.41, 5.74) is 0. The smallest absolute Gasteiger partial charge is 0.148 e. The Morgan fingerprint density at radius 3 is 2.08 bits per heavy atom. The lowest BCUT2D eigenvalue weighted by molar-refractivity contribution is -0.116. The number of carbonyl (C=O) groups excluding carboxylic acids is 1. The highest BCUT2D eigenvalue weighted by Gasteiger charge is 2.18. The van der Waals surface area contributed by atoms with E-state index in [2.05, 4.69) is 32.3 Å². The first-order chi connectivity index (χ1) is 12.2. The molecule has 0 saturated carbocycles. The predicted molar refractivity (Wildman–Crippen MR) is 117 cm³/mol. The Morgan fingerprint density at radius 2 is 1.52 bits per heavy atom. The van der Waals surface area contributed by atoms with Gasteiger partial charge in [-0.1, -0.05) is 70.9 Å². The molecule has 2 atom stereocenters. The van der Waals surface area contributed by atoms with Gasteiger partial charge in [-0.05, 0) is 44.3 Å². The van der Waals surface area contributed by atoms with Gasteiger partial charge in [-0.15, -0.1) is 11.6 Å². The number of hydrogen-bond acceptors (Lipinski definition) is 2. The van der Waals surface area contributed by atoms with E-state index in [-0.39, 0.29) is 11.7 Å². The summed E-state index contributed by atoms with van der Waals surface area (Å²) < 4.78 is 0. The second-order valence-corrected chi connectivity index (χ2v) is 8.64. The zero-order valence-corrected chi connectivity index (χ0v) is 18.5. The topological polar surface area (TPSA) is 17.1 Å². The molecule has 0 heterocycles. The van der Waals surface area contributed by atoms with Crippen LogP contribution >= 0.6 is 23.4 Å². The van der Waals surface area contributed by atoms with Gasteiger partial charge >= 0.3 is 0 Å². The zero-order chi connectivity index (χ0) is 18.8. The Kier molecular flexibility index (Phi) is 18.9. The van der Waals surface area contributed by atoms with Crippen LogP contribution in [0.1, 0.15) is 97.3 Å². The number of thioether (sulfide) groups is 1. The number of rotatable bonds is 18. The molecule has 0 rings (SSSR count). The van der Waals surface area contributed by atoms with Gasteiger partial charge in [0.1, 0.15) is 5.78 Å². The van der Waals surface area contributed by atoms with Gasteiger partial charge < -0.3 is 0 Å². The summed E-state index contributed by atoms with van der Waals surface area (Å²) in [7, 11) is 0. The van der Waals surface area contributed by atoms with Crippen LogP contribution in [0.25, 0.3) is 0 Å². The standard InChI is InChI=1S/C22H41ClOS/c1-4-5-6-7-8-9-10-11-12-13-14-15-16-17-20(2)22(25-3)18-21(24)19-23/h11-12,20,22H,4-10,13-19H2,1-3H3. The van der Waals surface area contributed by atoms with Crippen LogP contribution in [-0.4, -0.2) is 23.2 Å². The van der Waals surface area contributed by atoms with Gasteiger partial charge in [0.05, 0.1) is 5.88 Å². The van der Waals surface area contributed by atoms with Gasteiger partial charge in [0, 0.05) is 11.7 Å². The Hall–Kier alpha value is 0.0500. The molecule has 0 aliphatic heterocycles. The average molecular weight is 389 g/mol. The Bertz CT molecular complexity index is 330. The van der Waals surface area contributed by atoms with Crippen LogP contribution in [0, 0.1) is 5.92 Å². The summed E-state index contributed by atoms with van der Waals surface area (Å²) in [6.07, 6.45) is 23.4. The molecule has 0 amide bonds. The molecule has 148 valence electrons. The maximum Gasteiger partial charge on any atom is 0.148 e. The molecule has 2 unspecified atom stereocenters. The SMILES string of the molecule is CCCCCCCCC=CCCCCCC(C)C(CC(=O)CCl)SC. The average Bonchev–Trinajstić information content (AvgIpc) is 2.63. The fourth-order valence-electron chi connectivity index (χ4n) is 3.17. The lowest BCUT2D eigenvalue weighted by atomic mass is 9.96. The summed E-state index contributed by atoms with van der Waals surface area (Å²) in [5.74, 6) is 0.947.